The fourth-order valence-corrected chi connectivity index (χ4v) is 1.94. The highest BCUT2D eigenvalue weighted by molar-refractivity contribution is 6.18. The molecule has 0 aliphatic heterocycles. The first kappa shape index (κ1) is 10.3. The minimum Gasteiger partial charge on any atom is -0.374 e. The van der Waals surface area contributed by atoms with E-state index in [1.54, 1.807) is 0 Å². The Balaban J connectivity index is 2.22. The lowest BCUT2D eigenvalue weighted by Gasteiger charge is -2.28. The Morgan fingerprint density at radius 3 is 2.83 bits per heavy atom. The molecular formula is C10H19ClO. The summed E-state index contributed by atoms with van der Waals surface area (Å²) in [6.07, 6.45) is 5.84. The molecule has 0 spiro atoms. The molecule has 72 valence electrons. The minimum atomic E-state index is 0.224. The maximum absolute atomic E-state index is 5.78. The summed E-state index contributed by atoms with van der Waals surface area (Å²) >= 11 is 5.68. The summed E-state index contributed by atoms with van der Waals surface area (Å²) in [4.78, 5) is 0. The molecule has 2 heteroatoms. The smallest absolute Gasteiger partial charge is 0.0686 e. The number of ether oxygens (including phenoxy) is 1. The summed E-state index contributed by atoms with van der Waals surface area (Å²) in [6.45, 7) is 4.35. The molecule has 0 N–H and O–H groups in total. The lowest BCUT2D eigenvalue weighted by Crippen LogP contribution is -2.26. The van der Waals surface area contributed by atoms with Crippen LogP contribution in [0.5, 0.6) is 0 Å². The van der Waals surface area contributed by atoms with Crippen LogP contribution in [0.15, 0.2) is 0 Å². The third-order valence-electron chi connectivity index (χ3n) is 2.53. The summed E-state index contributed by atoms with van der Waals surface area (Å²) in [6, 6.07) is 0. The Morgan fingerprint density at radius 2 is 2.25 bits per heavy atom. The number of alkyl halides is 1. The normalized spacial score (nSPS) is 33.2. The molecule has 12 heavy (non-hydrogen) atoms. The molecule has 0 aromatic carbocycles. The monoisotopic (exact) mass is 190 g/mol. The van der Waals surface area contributed by atoms with E-state index in [2.05, 4.69) is 6.92 Å². The van der Waals surface area contributed by atoms with Gasteiger partial charge in [-0.1, -0.05) is 19.8 Å². The van der Waals surface area contributed by atoms with Gasteiger partial charge >= 0.3 is 0 Å². The molecule has 0 aromatic heterocycles. The molecule has 1 rings (SSSR count). The van der Waals surface area contributed by atoms with Crippen molar-refractivity contribution >= 4 is 11.6 Å². The fourth-order valence-electron chi connectivity index (χ4n) is 1.87. The van der Waals surface area contributed by atoms with Crippen molar-refractivity contribution in [3.8, 4) is 0 Å². The molecular weight excluding hydrogens is 172 g/mol. The lowest BCUT2D eigenvalue weighted by molar-refractivity contribution is -0.0203. The Kier molecular flexibility index (Phi) is 4.38. The van der Waals surface area contributed by atoms with E-state index in [0.717, 1.165) is 5.92 Å². The van der Waals surface area contributed by atoms with Gasteiger partial charge in [0.05, 0.1) is 12.2 Å². The standard InChI is InChI=1S/C10H19ClO/c1-8-4-3-5-10(6-8)12-9(2)7-11/h8-10H,3-7H2,1-2H3. The van der Waals surface area contributed by atoms with E-state index in [1.807, 2.05) is 6.92 Å². The second-order valence-corrected chi connectivity index (χ2v) is 4.30. The summed E-state index contributed by atoms with van der Waals surface area (Å²) in [5.41, 5.74) is 0. The van der Waals surface area contributed by atoms with Crippen LogP contribution in [-0.4, -0.2) is 18.1 Å². The molecule has 0 radical (unpaired) electrons. The van der Waals surface area contributed by atoms with E-state index >= 15 is 0 Å². The van der Waals surface area contributed by atoms with Gasteiger partial charge in [-0.3, -0.25) is 0 Å². The second kappa shape index (κ2) is 5.08. The molecule has 3 unspecified atom stereocenters. The molecule has 1 saturated carbocycles. The molecule has 1 aliphatic carbocycles. The van der Waals surface area contributed by atoms with Crippen molar-refractivity contribution in [2.24, 2.45) is 5.92 Å². The highest BCUT2D eigenvalue weighted by atomic mass is 35.5. The largest absolute Gasteiger partial charge is 0.374 e. The third kappa shape index (κ3) is 3.32. The zero-order chi connectivity index (χ0) is 8.97. The number of halogens is 1. The van der Waals surface area contributed by atoms with Crippen LogP contribution >= 0.6 is 11.6 Å². The fraction of sp³-hybridized carbons (Fsp3) is 1.00. The molecule has 3 atom stereocenters. The second-order valence-electron chi connectivity index (χ2n) is 3.99. The van der Waals surface area contributed by atoms with Gasteiger partial charge in [-0.2, -0.15) is 0 Å². The predicted octanol–water partition coefficient (Wildman–Crippen LogP) is 3.21. The number of hydrogen-bond acceptors (Lipinski definition) is 1. The van der Waals surface area contributed by atoms with Gasteiger partial charge in [0.1, 0.15) is 0 Å². The molecule has 0 amide bonds. The Labute approximate surface area is 80.4 Å². The van der Waals surface area contributed by atoms with Crippen LogP contribution in [0, 0.1) is 5.92 Å². The van der Waals surface area contributed by atoms with Gasteiger partial charge in [0.25, 0.3) is 0 Å². The van der Waals surface area contributed by atoms with Crippen molar-refractivity contribution < 1.29 is 4.74 Å². The van der Waals surface area contributed by atoms with E-state index in [0.29, 0.717) is 12.0 Å². The number of rotatable bonds is 3. The van der Waals surface area contributed by atoms with Crippen LogP contribution in [0.3, 0.4) is 0 Å². The first-order valence-electron chi connectivity index (χ1n) is 4.93. The highest BCUT2D eigenvalue weighted by Crippen LogP contribution is 2.26. The summed E-state index contributed by atoms with van der Waals surface area (Å²) < 4.78 is 5.78. The van der Waals surface area contributed by atoms with Gasteiger partial charge in [-0.15, -0.1) is 11.6 Å². The average Bonchev–Trinajstić information content (AvgIpc) is 2.04. The van der Waals surface area contributed by atoms with Crippen molar-refractivity contribution in [3.63, 3.8) is 0 Å². The SMILES string of the molecule is CC1CCCC(OC(C)CCl)C1. The third-order valence-corrected chi connectivity index (χ3v) is 2.96. The van der Waals surface area contributed by atoms with Crippen LogP contribution < -0.4 is 0 Å². The maximum atomic E-state index is 5.78. The first-order chi connectivity index (χ1) is 5.72. The van der Waals surface area contributed by atoms with Crippen LogP contribution in [0.1, 0.15) is 39.5 Å². The predicted molar refractivity (Wildman–Crippen MR) is 52.7 cm³/mol. The van der Waals surface area contributed by atoms with E-state index < -0.39 is 0 Å². The zero-order valence-corrected chi connectivity index (χ0v) is 8.81. The maximum Gasteiger partial charge on any atom is 0.0686 e. The summed E-state index contributed by atoms with van der Waals surface area (Å²) in [5, 5.41) is 0. The van der Waals surface area contributed by atoms with Crippen molar-refractivity contribution in [1.82, 2.24) is 0 Å². The summed E-state index contributed by atoms with van der Waals surface area (Å²) in [7, 11) is 0. The molecule has 0 heterocycles. The van der Waals surface area contributed by atoms with E-state index in [4.69, 9.17) is 16.3 Å². The Hall–Kier alpha value is 0.250. The minimum absolute atomic E-state index is 0.224. The molecule has 1 nitrogen and oxygen atoms in total. The first-order valence-corrected chi connectivity index (χ1v) is 5.47. The van der Waals surface area contributed by atoms with Crippen molar-refractivity contribution in [3.05, 3.63) is 0 Å². The Bertz CT molecular complexity index is 127. The van der Waals surface area contributed by atoms with Gasteiger partial charge < -0.3 is 4.74 Å². The van der Waals surface area contributed by atoms with Gasteiger partial charge in [0.15, 0.2) is 0 Å². The van der Waals surface area contributed by atoms with E-state index in [-0.39, 0.29) is 6.10 Å². The Morgan fingerprint density at radius 1 is 1.50 bits per heavy atom. The highest BCUT2D eigenvalue weighted by Gasteiger charge is 2.20. The molecule has 0 bridgehead atoms. The summed E-state index contributed by atoms with van der Waals surface area (Å²) in [5.74, 6) is 1.46. The van der Waals surface area contributed by atoms with Gasteiger partial charge in [0, 0.05) is 5.88 Å². The van der Waals surface area contributed by atoms with Crippen molar-refractivity contribution in [1.29, 1.82) is 0 Å². The van der Waals surface area contributed by atoms with Crippen LogP contribution in [0.4, 0.5) is 0 Å². The van der Waals surface area contributed by atoms with Crippen molar-refractivity contribution in [2.75, 3.05) is 5.88 Å². The van der Waals surface area contributed by atoms with Gasteiger partial charge in [0.2, 0.25) is 0 Å². The van der Waals surface area contributed by atoms with Crippen molar-refractivity contribution in [2.45, 2.75) is 51.7 Å². The average molecular weight is 191 g/mol. The number of hydrogen-bond donors (Lipinski definition) is 0. The quantitative estimate of drug-likeness (QED) is 0.621. The van der Waals surface area contributed by atoms with Crippen LogP contribution in [-0.2, 0) is 4.74 Å². The van der Waals surface area contributed by atoms with Gasteiger partial charge in [-0.05, 0) is 25.7 Å². The molecule has 1 fully saturated rings. The van der Waals surface area contributed by atoms with Gasteiger partial charge in [-0.25, -0.2) is 0 Å². The molecule has 1 aliphatic rings. The lowest BCUT2D eigenvalue weighted by atomic mass is 9.88. The van der Waals surface area contributed by atoms with Crippen LogP contribution in [0.2, 0.25) is 0 Å². The van der Waals surface area contributed by atoms with Crippen LogP contribution in [0.25, 0.3) is 0 Å². The van der Waals surface area contributed by atoms with E-state index in [9.17, 15) is 0 Å². The topological polar surface area (TPSA) is 9.23 Å². The molecule has 0 saturated heterocycles. The molecule has 0 aromatic rings. The van der Waals surface area contributed by atoms with E-state index in [1.165, 1.54) is 25.7 Å². The zero-order valence-electron chi connectivity index (χ0n) is 8.05.